The average Bonchev–Trinajstić information content (AvgIpc) is 2.41. The lowest BCUT2D eigenvalue weighted by Gasteiger charge is -1.86. The van der Waals surface area contributed by atoms with Crippen LogP contribution < -0.4 is 0 Å². The number of hydrogen-bond donors (Lipinski definition) is 0. The first kappa shape index (κ1) is 5.96. The van der Waals surface area contributed by atoms with Crippen molar-refractivity contribution in [3.63, 3.8) is 0 Å². The minimum absolute atomic E-state index is 0.115. The summed E-state index contributed by atoms with van der Waals surface area (Å²) in [5.41, 5.74) is 0.359. The van der Waals surface area contributed by atoms with E-state index in [1.54, 1.807) is 0 Å². The zero-order valence-electron chi connectivity index (χ0n) is 5.29. The topological polar surface area (TPSA) is 63.7 Å². The van der Waals surface area contributed by atoms with E-state index in [2.05, 4.69) is 14.8 Å². The molecule has 0 atom stereocenters. The molecule has 0 amide bonds. The Morgan fingerprint density at radius 1 is 1.70 bits per heavy atom. The normalized spacial score (nSPS) is 26.7. The fourth-order valence-electron chi connectivity index (χ4n) is 0.691. The Balaban J connectivity index is 2.19. The van der Waals surface area contributed by atoms with Crippen LogP contribution in [0.1, 0.15) is 6.92 Å². The number of ketones is 1. The van der Waals surface area contributed by atoms with Crippen molar-refractivity contribution < 1.29 is 19.3 Å². The molecule has 0 aromatic heterocycles. The molecule has 2 aliphatic rings. The van der Waals surface area contributed by atoms with Crippen LogP contribution in [-0.4, -0.2) is 24.2 Å². The van der Waals surface area contributed by atoms with Crippen LogP contribution in [0.25, 0.3) is 0 Å². The monoisotopic (exact) mass is 143 g/mol. The number of Topliss-reactive ketones (excluding diaryl/α,β-unsaturated/α-hetero) is 1. The van der Waals surface area contributed by atoms with Crippen LogP contribution in [0.2, 0.25) is 0 Å². The van der Waals surface area contributed by atoms with Gasteiger partial charge in [0.25, 0.3) is 0 Å². The fourth-order valence-corrected chi connectivity index (χ4v) is 0.691. The highest BCUT2D eigenvalue weighted by molar-refractivity contribution is 6.40. The number of nitrogens with zero attached hydrogens (tertiary/aromatic N) is 1. The second-order valence-corrected chi connectivity index (χ2v) is 2.09. The van der Waals surface area contributed by atoms with Crippen molar-refractivity contribution in [2.75, 3.05) is 6.61 Å². The van der Waals surface area contributed by atoms with E-state index in [-0.39, 0.29) is 12.4 Å². The van der Waals surface area contributed by atoms with Gasteiger partial charge in [-0.15, -0.1) is 9.78 Å². The highest BCUT2D eigenvalue weighted by Crippen LogP contribution is 2.35. The molecule has 0 radical (unpaired) electrons. The molecule has 0 aromatic rings. The molecule has 0 aliphatic carbocycles. The van der Waals surface area contributed by atoms with E-state index in [9.17, 15) is 4.79 Å². The molecular weight excluding hydrogens is 138 g/mol. The summed E-state index contributed by atoms with van der Waals surface area (Å²) < 4.78 is 4.86. The van der Waals surface area contributed by atoms with E-state index in [1.165, 1.54) is 6.92 Å². The number of carbonyl (C=O) groups is 1. The molecule has 0 N–H and O–H groups in total. The van der Waals surface area contributed by atoms with E-state index in [0.29, 0.717) is 5.71 Å². The van der Waals surface area contributed by atoms with Crippen molar-refractivity contribution in [1.29, 1.82) is 0 Å². The SMILES string of the molecule is CC(=O)C1=NC2(OC1)OO2. The zero-order valence-corrected chi connectivity index (χ0v) is 5.29. The Morgan fingerprint density at radius 2 is 2.40 bits per heavy atom. The first-order valence-corrected chi connectivity index (χ1v) is 2.82. The minimum Gasteiger partial charge on any atom is -0.298 e. The van der Waals surface area contributed by atoms with Gasteiger partial charge in [-0.3, -0.25) is 9.53 Å². The number of aliphatic imine (C=N–C) groups is 1. The van der Waals surface area contributed by atoms with Crippen molar-refractivity contribution in [3.8, 4) is 0 Å². The van der Waals surface area contributed by atoms with E-state index < -0.39 is 6.10 Å². The molecule has 1 fully saturated rings. The maximum absolute atomic E-state index is 10.6. The zero-order chi connectivity index (χ0) is 7.19. The molecule has 2 heterocycles. The summed E-state index contributed by atoms with van der Waals surface area (Å²) >= 11 is 0. The van der Waals surface area contributed by atoms with Crippen molar-refractivity contribution in [3.05, 3.63) is 0 Å². The maximum atomic E-state index is 10.6. The second-order valence-electron chi connectivity index (χ2n) is 2.09. The van der Waals surface area contributed by atoms with Crippen molar-refractivity contribution in [1.82, 2.24) is 0 Å². The Hall–Kier alpha value is -0.780. The van der Waals surface area contributed by atoms with E-state index in [0.717, 1.165) is 0 Å². The van der Waals surface area contributed by atoms with Crippen LogP contribution in [0.15, 0.2) is 4.99 Å². The molecule has 10 heavy (non-hydrogen) atoms. The van der Waals surface area contributed by atoms with E-state index >= 15 is 0 Å². The highest BCUT2D eigenvalue weighted by atomic mass is 17.5. The first-order valence-electron chi connectivity index (χ1n) is 2.82. The quantitative estimate of drug-likeness (QED) is 0.370. The molecule has 1 saturated heterocycles. The third-order valence-electron chi connectivity index (χ3n) is 1.30. The summed E-state index contributed by atoms with van der Waals surface area (Å²) in [5, 5.41) is 0. The minimum atomic E-state index is -1.24. The summed E-state index contributed by atoms with van der Waals surface area (Å²) in [6, 6.07) is 0. The van der Waals surface area contributed by atoms with Crippen LogP contribution in [0.5, 0.6) is 0 Å². The third-order valence-corrected chi connectivity index (χ3v) is 1.30. The van der Waals surface area contributed by atoms with Gasteiger partial charge >= 0.3 is 6.10 Å². The molecule has 0 unspecified atom stereocenters. The lowest BCUT2D eigenvalue weighted by Crippen LogP contribution is -2.10. The molecule has 54 valence electrons. The lowest BCUT2D eigenvalue weighted by atomic mass is 10.3. The molecule has 0 saturated carbocycles. The number of rotatable bonds is 1. The van der Waals surface area contributed by atoms with Crippen molar-refractivity contribution in [2.45, 2.75) is 13.0 Å². The lowest BCUT2D eigenvalue weighted by molar-refractivity contribution is -0.111. The second kappa shape index (κ2) is 1.63. The van der Waals surface area contributed by atoms with Gasteiger partial charge in [-0.1, -0.05) is 0 Å². The van der Waals surface area contributed by atoms with Gasteiger partial charge in [-0.25, -0.2) is 0 Å². The summed E-state index contributed by atoms with van der Waals surface area (Å²) in [5.74, 6) is -0.115. The van der Waals surface area contributed by atoms with Crippen LogP contribution in [0, 0.1) is 0 Å². The largest absolute Gasteiger partial charge is 0.449 e. The molecule has 2 aliphatic heterocycles. The van der Waals surface area contributed by atoms with Crippen LogP contribution >= 0.6 is 0 Å². The fraction of sp³-hybridized carbons (Fsp3) is 0.600. The molecule has 0 bridgehead atoms. The number of ether oxygens (including phenoxy) is 1. The number of hydrogen-bond acceptors (Lipinski definition) is 5. The van der Waals surface area contributed by atoms with Crippen LogP contribution in [0.4, 0.5) is 0 Å². The van der Waals surface area contributed by atoms with Gasteiger partial charge < -0.3 is 0 Å². The summed E-state index contributed by atoms with van der Waals surface area (Å²) in [7, 11) is 0. The van der Waals surface area contributed by atoms with Crippen LogP contribution in [0.3, 0.4) is 0 Å². The van der Waals surface area contributed by atoms with Gasteiger partial charge in [0.05, 0.1) is 0 Å². The molecule has 2 rings (SSSR count). The van der Waals surface area contributed by atoms with Gasteiger partial charge in [0.1, 0.15) is 12.3 Å². The predicted octanol–water partition coefficient (Wildman–Crippen LogP) is -0.380. The van der Waals surface area contributed by atoms with Crippen molar-refractivity contribution in [2.24, 2.45) is 4.99 Å². The standard InChI is InChI=1S/C5H5NO4/c1-3(7)4-2-8-5(6-4)9-10-5/h2H2,1H3. The molecular formula is C5H5NO4. The summed E-state index contributed by atoms with van der Waals surface area (Å²) in [6.45, 7) is 1.60. The number of carbonyl (C=O) groups excluding carboxylic acids is 1. The summed E-state index contributed by atoms with van der Waals surface area (Å²) in [4.78, 5) is 23.1. The van der Waals surface area contributed by atoms with E-state index in [1.807, 2.05) is 0 Å². The van der Waals surface area contributed by atoms with E-state index in [4.69, 9.17) is 4.74 Å². The Kier molecular flexibility index (Phi) is 0.971. The van der Waals surface area contributed by atoms with Crippen LogP contribution in [-0.2, 0) is 19.3 Å². The molecule has 0 aromatic carbocycles. The van der Waals surface area contributed by atoms with Gasteiger partial charge in [0, 0.05) is 6.92 Å². The first-order chi connectivity index (χ1) is 4.72. The summed E-state index contributed by atoms with van der Waals surface area (Å²) in [6.07, 6.45) is -1.24. The molecule has 5 heteroatoms. The van der Waals surface area contributed by atoms with Gasteiger partial charge in [-0.05, 0) is 0 Å². The van der Waals surface area contributed by atoms with Gasteiger partial charge in [0.15, 0.2) is 5.78 Å². The highest BCUT2D eigenvalue weighted by Gasteiger charge is 2.56. The smallest absolute Gasteiger partial charge is 0.298 e. The van der Waals surface area contributed by atoms with Gasteiger partial charge in [-0.2, -0.15) is 4.99 Å². The Morgan fingerprint density at radius 3 is 2.70 bits per heavy atom. The predicted molar refractivity (Wildman–Crippen MR) is 29.0 cm³/mol. The van der Waals surface area contributed by atoms with Crippen molar-refractivity contribution >= 4 is 11.5 Å². The molecule has 1 spiro atoms. The Bertz CT molecular complexity index is 218. The average molecular weight is 143 g/mol. The molecule has 5 nitrogen and oxygen atoms in total. The Labute approximate surface area is 56.5 Å². The third kappa shape index (κ3) is 0.756. The van der Waals surface area contributed by atoms with Gasteiger partial charge in [0.2, 0.25) is 0 Å². The maximum Gasteiger partial charge on any atom is 0.449 e.